The fourth-order valence-corrected chi connectivity index (χ4v) is 1.41. The van der Waals surface area contributed by atoms with Crippen LogP contribution < -0.4 is 15.8 Å². The normalized spacial score (nSPS) is 10.5. The first-order valence-corrected chi connectivity index (χ1v) is 5.48. The largest absolute Gasteiger partial charge is 0.493 e. The molecule has 4 nitrogen and oxygen atoms in total. The van der Waals surface area contributed by atoms with Crippen LogP contribution in [0.3, 0.4) is 0 Å². The van der Waals surface area contributed by atoms with Crippen LogP contribution in [0.2, 0.25) is 0 Å². The number of nitrogens with one attached hydrogen (secondary N) is 1. The zero-order chi connectivity index (χ0) is 12.0. The molecule has 3 N–H and O–H groups in total. The summed E-state index contributed by atoms with van der Waals surface area (Å²) < 4.78 is 5.63. The molecule has 0 amide bonds. The van der Waals surface area contributed by atoms with Gasteiger partial charge in [-0.2, -0.15) is 0 Å². The molecular formula is C12H21N3O. The zero-order valence-electron chi connectivity index (χ0n) is 10.3. The van der Waals surface area contributed by atoms with E-state index in [1.54, 1.807) is 0 Å². The van der Waals surface area contributed by atoms with Crippen molar-refractivity contribution in [2.24, 2.45) is 0 Å². The van der Waals surface area contributed by atoms with Gasteiger partial charge in [-0.1, -0.05) is 0 Å². The maximum absolute atomic E-state index is 5.77. The Hall–Kier alpha value is -1.42. The van der Waals surface area contributed by atoms with Crippen LogP contribution in [0.15, 0.2) is 18.2 Å². The molecule has 0 atom stereocenters. The molecule has 1 aromatic carbocycles. The van der Waals surface area contributed by atoms with E-state index in [0.29, 0.717) is 0 Å². The van der Waals surface area contributed by atoms with Crippen molar-refractivity contribution in [1.82, 2.24) is 4.90 Å². The van der Waals surface area contributed by atoms with Crippen LogP contribution in [-0.2, 0) is 0 Å². The Morgan fingerprint density at radius 2 is 2.12 bits per heavy atom. The van der Waals surface area contributed by atoms with E-state index >= 15 is 0 Å². The lowest BCUT2D eigenvalue weighted by atomic mass is 10.2. The van der Waals surface area contributed by atoms with E-state index in [1.807, 2.05) is 25.2 Å². The summed E-state index contributed by atoms with van der Waals surface area (Å²) in [5.41, 5.74) is 7.42. The van der Waals surface area contributed by atoms with Crippen LogP contribution in [0.5, 0.6) is 5.75 Å². The minimum Gasteiger partial charge on any atom is -0.493 e. The number of hydrogen-bond acceptors (Lipinski definition) is 4. The van der Waals surface area contributed by atoms with Crippen LogP contribution in [0.1, 0.15) is 6.42 Å². The van der Waals surface area contributed by atoms with Gasteiger partial charge < -0.3 is 20.7 Å². The number of rotatable bonds is 6. The van der Waals surface area contributed by atoms with Gasteiger partial charge in [-0.3, -0.25) is 0 Å². The third-order valence-electron chi connectivity index (χ3n) is 2.31. The van der Waals surface area contributed by atoms with Gasteiger partial charge in [0, 0.05) is 19.7 Å². The van der Waals surface area contributed by atoms with Crippen molar-refractivity contribution in [3.8, 4) is 5.75 Å². The van der Waals surface area contributed by atoms with Crippen molar-refractivity contribution >= 4 is 11.4 Å². The molecule has 0 spiro atoms. The minimum absolute atomic E-state index is 0.727. The van der Waals surface area contributed by atoms with E-state index in [9.17, 15) is 0 Å². The summed E-state index contributed by atoms with van der Waals surface area (Å²) in [5, 5.41) is 3.03. The monoisotopic (exact) mass is 223 g/mol. The smallest absolute Gasteiger partial charge is 0.121 e. The van der Waals surface area contributed by atoms with Gasteiger partial charge in [-0.15, -0.1) is 0 Å². The first kappa shape index (κ1) is 12.6. The van der Waals surface area contributed by atoms with Crippen LogP contribution in [0.4, 0.5) is 11.4 Å². The Labute approximate surface area is 97.4 Å². The maximum atomic E-state index is 5.77. The molecule has 4 heteroatoms. The predicted octanol–water partition coefficient (Wildman–Crippen LogP) is 1.64. The van der Waals surface area contributed by atoms with Gasteiger partial charge in [0.1, 0.15) is 5.75 Å². The quantitative estimate of drug-likeness (QED) is 0.568. The molecule has 0 aliphatic carbocycles. The molecule has 0 unspecified atom stereocenters. The number of hydrogen-bond donors (Lipinski definition) is 2. The molecular weight excluding hydrogens is 202 g/mol. The van der Waals surface area contributed by atoms with Gasteiger partial charge in [0.2, 0.25) is 0 Å². The second kappa shape index (κ2) is 6.23. The topological polar surface area (TPSA) is 50.5 Å². The zero-order valence-corrected chi connectivity index (χ0v) is 10.3. The highest BCUT2D eigenvalue weighted by molar-refractivity contribution is 5.67. The van der Waals surface area contributed by atoms with Gasteiger partial charge in [0.05, 0.1) is 18.0 Å². The fraction of sp³-hybridized carbons (Fsp3) is 0.500. The SMILES string of the molecule is CNc1cc(OCCCN(C)C)ccc1N. The van der Waals surface area contributed by atoms with Crippen LogP contribution in [-0.4, -0.2) is 39.2 Å². The number of ether oxygens (including phenoxy) is 1. The molecule has 1 aromatic rings. The Kier molecular flexibility index (Phi) is 4.92. The summed E-state index contributed by atoms with van der Waals surface area (Å²) in [5.74, 6) is 0.859. The van der Waals surface area contributed by atoms with Crippen molar-refractivity contribution in [2.75, 3.05) is 45.3 Å². The van der Waals surface area contributed by atoms with Gasteiger partial charge in [-0.25, -0.2) is 0 Å². The third-order valence-corrected chi connectivity index (χ3v) is 2.31. The lowest BCUT2D eigenvalue weighted by Gasteiger charge is -2.12. The van der Waals surface area contributed by atoms with Crippen LogP contribution in [0.25, 0.3) is 0 Å². The Morgan fingerprint density at radius 1 is 1.38 bits per heavy atom. The Bertz CT molecular complexity index is 326. The highest BCUT2D eigenvalue weighted by Crippen LogP contribution is 2.23. The summed E-state index contributed by atoms with van der Waals surface area (Å²) in [6.45, 7) is 1.76. The highest BCUT2D eigenvalue weighted by atomic mass is 16.5. The third kappa shape index (κ3) is 3.98. The van der Waals surface area contributed by atoms with E-state index in [1.165, 1.54) is 0 Å². The lowest BCUT2D eigenvalue weighted by molar-refractivity contribution is 0.282. The molecule has 0 fully saturated rings. The van der Waals surface area contributed by atoms with Crippen molar-refractivity contribution in [3.05, 3.63) is 18.2 Å². The number of benzene rings is 1. The van der Waals surface area contributed by atoms with Gasteiger partial charge >= 0.3 is 0 Å². The molecule has 16 heavy (non-hydrogen) atoms. The standard InChI is InChI=1S/C12H21N3O/c1-14-12-9-10(5-6-11(12)13)16-8-4-7-15(2)3/h5-6,9,14H,4,7-8,13H2,1-3H3. The average molecular weight is 223 g/mol. The van der Waals surface area contributed by atoms with Gasteiger partial charge in [0.25, 0.3) is 0 Å². The maximum Gasteiger partial charge on any atom is 0.121 e. The van der Waals surface area contributed by atoms with Crippen LogP contribution in [0, 0.1) is 0 Å². The van der Waals surface area contributed by atoms with Crippen molar-refractivity contribution in [1.29, 1.82) is 0 Å². The summed E-state index contributed by atoms with van der Waals surface area (Å²) in [6, 6.07) is 5.67. The Balaban J connectivity index is 2.42. The van der Waals surface area contributed by atoms with Gasteiger partial charge in [0.15, 0.2) is 0 Å². The molecule has 0 aromatic heterocycles. The molecule has 90 valence electrons. The summed E-state index contributed by atoms with van der Waals surface area (Å²) in [4.78, 5) is 2.14. The Morgan fingerprint density at radius 3 is 2.75 bits per heavy atom. The van der Waals surface area contributed by atoms with Crippen molar-refractivity contribution in [2.45, 2.75) is 6.42 Å². The molecule has 0 aliphatic rings. The number of nitrogens with two attached hydrogens (primary N) is 1. The number of nitrogens with zero attached hydrogens (tertiary/aromatic N) is 1. The molecule has 0 saturated heterocycles. The highest BCUT2D eigenvalue weighted by Gasteiger charge is 2.00. The molecule has 1 rings (SSSR count). The molecule has 0 bridgehead atoms. The van der Waals surface area contributed by atoms with E-state index in [4.69, 9.17) is 10.5 Å². The number of anilines is 2. The second-order valence-corrected chi connectivity index (χ2v) is 4.00. The summed E-state index contributed by atoms with van der Waals surface area (Å²) in [7, 11) is 5.96. The van der Waals surface area contributed by atoms with E-state index < -0.39 is 0 Å². The molecule has 0 saturated carbocycles. The first-order valence-electron chi connectivity index (χ1n) is 5.48. The van der Waals surface area contributed by atoms with Crippen molar-refractivity contribution < 1.29 is 4.74 Å². The molecule has 0 aliphatic heterocycles. The van der Waals surface area contributed by atoms with Crippen molar-refractivity contribution in [3.63, 3.8) is 0 Å². The summed E-state index contributed by atoms with van der Waals surface area (Å²) in [6.07, 6.45) is 1.02. The van der Waals surface area contributed by atoms with Gasteiger partial charge in [-0.05, 0) is 32.6 Å². The van der Waals surface area contributed by atoms with E-state index in [0.717, 1.165) is 36.7 Å². The van der Waals surface area contributed by atoms with E-state index in [-0.39, 0.29) is 0 Å². The average Bonchev–Trinajstić information content (AvgIpc) is 2.26. The van der Waals surface area contributed by atoms with E-state index in [2.05, 4.69) is 24.3 Å². The lowest BCUT2D eigenvalue weighted by Crippen LogP contribution is -2.15. The fourth-order valence-electron chi connectivity index (χ4n) is 1.41. The number of nitrogen functional groups attached to an aromatic ring is 1. The van der Waals surface area contributed by atoms with Crippen LogP contribution >= 0.6 is 0 Å². The molecule has 0 radical (unpaired) electrons. The second-order valence-electron chi connectivity index (χ2n) is 4.00. The first-order chi connectivity index (χ1) is 7.63. The predicted molar refractivity (Wildman–Crippen MR) is 69.1 cm³/mol. The minimum atomic E-state index is 0.727. The molecule has 0 heterocycles. The summed E-state index contributed by atoms with van der Waals surface area (Å²) >= 11 is 0.